The molecule has 15 heavy (non-hydrogen) atoms. The molecule has 0 aliphatic carbocycles. The van der Waals surface area contributed by atoms with Gasteiger partial charge in [0.1, 0.15) is 0 Å². The van der Waals surface area contributed by atoms with Crippen molar-refractivity contribution >= 4 is 21.8 Å². The molecular formula is C9H22N2O2S2. The SMILES string of the molecule is CCSCCCNCCCNS(C)(=O)=O. The van der Waals surface area contributed by atoms with E-state index < -0.39 is 10.0 Å². The molecule has 0 spiro atoms. The number of rotatable bonds is 10. The summed E-state index contributed by atoms with van der Waals surface area (Å²) >= 11 is 1.95. The van der Waals surface area contributed by atoms with E-state index in [1.165, 1.54) is 24.2 Å². The smallest absolute Gasteiger partial charge is 0.208 e. The third-order valence-corrected chi connectivity index (χ3v) is 3.46. The number of thioether (sulfide) groups is 1. The van der Waals surface area contributed by atoms with Gasteiger partial charge in [-0.15, -0.1) is 0 Å². The molecule has 0 aliphatic heterocycles. The molecular weight excluding hydrogens is 232 g/mol. The minimum absolute atomic E-state index is 0.523. The summed E-state index contributed by atoms with van der Waals surface area (Å²) in [5.74, 6) is 2.38. The van der Waals surface area contributed by atoms with Gasteiger partial charge in [-0.3, -0.25) is 0 Å². The van der Waals surface area contributed by atoms with E-state index in [1.807, 2.05) is 11.8 Å². The molecule has 4 nitrogen and oxygen atoms in total. The summed E-state index contributed by atoms with van der Waals surface area (Å²) in [6, 6.07) is 0. The van der Waals surface area contributed by atoms with Gasteiger partial charge in [0.15, 0.2) is 0 Å². The van der Waals surface area contributed by atoms with Gasteiger partial charge in [-0.25, -0.2) is 13.1 Å². The van der Waals surface area contributed by atoms with Crippen molar-refractivity contribution in [1.29, 1.82) is 0 Å². The van der Waals surface area contributed by atoms with Gasteiger partial charge in [0, 0.05) is 6.54 Å². The Morgan fingerprint density at radius 3 is 2.40 bits per heavy atom. The van der Waals surface area contributed by atoms with Crippen molar-refractivity contribution < 1.29 is 8.42 Å². The second-order valence-electron chi connectivity index (χ2n) is 3.32. The van der Waals surface area contributed by atoms with Gasteiger partial charge in [-0.1, -0.05) is 6.92 Å². The Labute approximate surface area is 97.6 Å². The zero-order valence-corrected chi connectivity index (χ0v) is 11.2. The predicted molar refractivity (Wildman–Crippen MR) is 67.9 cm³/mol. The van der Waals surface area contributed by atoms with Crippen molar-refractivity contribution in [2.45, 2.75) is 19.8 Å². The molecule has 0 bridgehead atoms. The fourth-order valence-electron chi connectivity index (χ4n) is 1.04. The van der Waals surface area contributed by atoms with E-state index in [4.69, 9.17) is 0 Å². The van der Waals surface area contributed by atoms with Crippen LogP contribution in [0.15, 0.2) is 0 Å². The topological polar surface area (TPSA) is 58.2 Å². The summed E-state index contributed by atoms with van der Waals surface area (Å²) in [6.45, 7) is 4.58. The normalized spacial score (nSPS) is 11.9. The first-order chi connectivity index (χ1) is 7.06. The van der Waals surface area contributed by atoms with Crippen LogP contribution < -0.4 is 10.0 Å². The minimum Gasteiger partial charge on any atom is -0.317 e. The Morgan fingerprint density at radius 1 is 1.13 bits per heavy atom. The van der Waals surface area contributed by atoms with Crippen LogP contribution in [0.4, 0.5) is 0 Å². The molecule has 0 unspecified atom stereocenters. The second kappa shape index (κ2) is 9.45. The molecule has 2 N–H and O–H groups in total. The van der Waals surface area contributed by atoms with E-state index in [0.29, 0.717) is 6.54 Å². The molecule has 92 valence electrons. The van der Waals surface area contributed by atoms with Crippen molar-refractivity contribution in [2.75, 3.05) is 37.4 Å². The van der Waals surface area contributed by atoms with E-state index >= 15 is 0 Å². The van der Waals surface area contributed by atoms with Crippen LogP contribution in [0, 0.1) is 0 Å². The standard InChI is InChI=1S/C9H22N2O2S2/c1-3-14-9-5-7-10-6-4-8-11-15(2,12)13/h10-11H,3-9H2,1-2H3. The summed E-state index contributed by atoms with van der Waals surface area (Å²) in [4.78, 5) is 0. The molecule has 0 aromatic rings. The maximum atomic E-state index is 10.7. The molecule has 0 aliphatic rings. The Kier molecular flexibility index (Phi) is 9.58. The third kappa shape index (κ3) is 14.2. The number of nitrogens with one attached hydrogen (secondary N) is 2. The molecule has 0 saturated heterocycles. The number of hydrogen-bond donors (Lipinski definition) is 2. The molecule has 0 atom stereocenters. The molecule has 0 aromatic carbocycles. The van der Waals surface area contributed by atoms with Crippen molar-refractivity contribution in [1.82, 2.24) is 10.0 Å². The van der Waals surface area contributed by atoms with E-state index in [0.717, 1.165) is 19.5 Å². The lowest BCUT2D eigenvalue weighted by atomic mass is 10.4. The zero-order valence-electron chi connectivity index (χ0n) is 9.58. The van der Waals surface area contributed by atoms with Crippen molar-refractivity contribution in [3.8, 4) is 0 Å². The van der Waals surface area contributed by atoms with Crippen LogP contribution in [0.5, 0.6) is 0 Å². The highest BCUT2D eigenvalue weighted by Crippen LogP contribution is 1.99. The second-order valence-corrected chi connectivity index (χ2v) is 6.55. The molecule has 0 saturated carbocycles. The summed E-state index contributed by atoms with van der Waals surface area (Å²) in [5, 5.41) is 3.28. The van der Waals surface area contributed by atoms with E-state index in [1.54, 1.807) is 0 Å². The Balaban J connectivity index is 3.06. The average molecular weight is 254 g/mol. The summed E-state index contributed by atoms with van der Waals surface area (Å²) in [6.07, 6.45) is 3.20. The fourth-order valence-corrected chi connectivity index (χ4v) is 2.19. The minimum atomic E-state index is -3.01. The molecule has 0 radical (unpaired) electrons. The quantitative estimate of drug-likeness (QED) is 0.562. The number of hydrogen-bond acceptors (Lipinski definition) is 4. The maximum absolute atomic E-state index is 10.7. The van der Waals surface area contributed by atoms with Crippen LogP contribution in [-0.2, 0) is 10.0 Å². The molecule has 0 heterocycles. The molecule has 6 heteroatoms. The lowest BCUT2D eigenvalue weighted by Crippen LogP contribution is -2.26. The van der Waals surface area contributed by atoms with Crippen LogP contribution in [0.3, 0.4) is 0 Å². The van der Waals surface area contributed by atoms with Crippen molar-refractivity contribution in [3.05, 3.63) is 0 Å². The molecule has 0 rings (SSSR count). The van der Waals surface area contributed by atoms with E-state index in [-0.39, 0.29) is 0 Å². The van der Waals surface area contributed by atoms with Gasteiger partial charge < -0.3 is 5.32 Å². The highest BCUT2D eigenvalue weighted by atomic mass is 32.2. The maximum Gasteiger partial charge on any atom is 0.208 e. The van der Waals surface area contributed by atoms with Crippen LogP contribution in [-0.4, -0.2) is 45.8 Å². The van der Waals surface area contributed by atoms with Crippen LogP contribution >= 0.6 is 11.8 Å². The number of sulfonamides is 1. The van der Waals surface area contributed by atoms with Crippen LogP contribution in [0.1, 0.15) is 19.8 Å². The van der Waals surface area contributed by atoms with Crippen molar-refractivity contribution in [3.63, 3.8) is 0 Å². The monoisotopic (exact) mass is 254 g/mol. The molecule has 0 fully saturated rings. The Bertz CT molecular complexity index is 230. The van der Waals surface area contributed by atoms with Crippen LogP contribution in [0.2, 0.25) is 0 Å². The zero-order chi connectivity index (χ0) is 11.6. The molecule has 0 aromatic heterocycles. The predicted octanol–water partition coefficient (Wildman–Crippen LogP) is 0.659. The van der Waals surface area contributed by atoms with Gasteiger partial charge in [-0.2, -0.15) is 11.8 Å². The third-order valence-electron chi connectivity index (χ3n) is 1.74. The van der Waals surface area contributed by atoms with Gasteiger partial charge >= 0.3 is 0 Å². The fraction of sp³-hybridized carbons (Fsp3) is 1.00. The van der Waals surface area contributed by atoms with Crippen molar-refractivity contribution in [2.24, 2.45) is 0 Å². The van der Waals surface area contributed by atoms with Gasteiger partial charge in [0.05, 0.1) is 6.26 Å². The van der Waals surface area contributed by atoms with E-state index in [9.17, 15) is 8.42 Å². The van der Waals surface area contributed by atoms with Gasteiger partial charge in [0.2, 0.25) is 10.0 Å². The largest absolute Gasteiger partial charge is 0.317 e. The van der Waals surface area contributed by atoms with Crippen LogP contribution in [0.25, 0.3) is 0 Å². The first-order valence-corrected chi connectivity index (χ1v) is 8.34. The summed E-state index contributed by atoms with van der Waals surface area (Å²) in [7, 11) is -3.01. The first-order valence-electron chi connectivity index (χ1n) is 5.29. The van der Waals surface area contributed by atoms with Gasteiger partial charge in [-0.05, 0) is 37.4 Å². The summed E-state index contributed by atoms with van der Waals surface area (Å²) < 4.78 is 23.9. The van der Waals surface area contributed by atoms with Gasteiger partial charge in [0.25, 0.3) is 0 Å². The lowest BCUT2D eigenvalue weighted by Gasteiger charge is -2.04. The molecule has 0 amide bonds. The Hall–Kier alpha value is 0.220. The summed E-state index contributed by atoms with van der Waals surface area (Å²) in [5.41, 5.74) is 0. The highest BCUT2D eigenvalue weighted by molar-refractivity contribution is 7.99. The lowest BCUT2D eigenvalue weighted by molar-refractivity contribution is 0.579. The van der Waals surface area contributed by atoms with E-state index in [2.05, 4.69) is 17.0 Å². The first kappa shape index (κ1) is 15.2. The Morgan fingerprint density at radius 2 is 1.80 bits per heavy atom. The average Bonchev–Trinajstić information content (AvgIpc) is 2.14. The highest BCUT2D eigenvalue weighted by Gasteiger charge is 1.97.